The van der Waals surface area contributed by atoms with Gasteiger partial charge in [0, 0.05) is 18.2 Å². The van der Waals surface area contributed by atoms with Gasteiger partial charge < -0.3 is 10.6 Å². The first-order valence-electron chi connectivity index (χ1n) is 7.75. The molecule has 0 aliphatic heterocycles. The van der Waals surface area contributed by atoms with Gasteiger partial charge in [-0.15, -0.1) is 6.42 Å². The van der Waals surface area contributed by atoms with E-state index in [1.54, 1.807) is 18.2 Å². The summed E-state index contributed by atoms with van der Waals surface area (Å²) in [6.07, 6.45) is 8.63. The van der Waals surface area contributed by atoms with Crippen molar-refractivity contribution in [3.63, 3.8) is 0 Å². The van der Waals surface area contributed by atoms with Crippen molar-refractivity contribution >= 4 is 11.8 Å². The Labute approximate surface area is 138 Å². The van der Waals surface area contributed by atoms with Crippen molar-refractivity contribution in [2.24, 2.45) is 0 Å². The zero-order chi connectivity index (χ0) is 17.2. The maximum absolute atomic E-state index is 12.1. The third-order valence-corrected chi connectivity index (χ3v) is 3.19. The minimum Gasteiger partial charge on any atom is -0.348 e. The first kappa shape index (κ1) is 18.5. The van der Waals surface area contributed by atoms with Crippen molar-refractivity contribution in [3.05, 3.63) is 47.0 Å². The van der Waals surface area contributed by atoms with Crippen molar-refractivity contribution in [1.82, 2.24) is 10.6 Å². The second-order valence-corrected chi connectivity index (χ2v) is 5.62. The fourth-order valence-electron chi connectivity index (χ4n) is 2.00. The van der Waals surface area contributed by atoms with Crippen LogP contribution in [0.25, 0.3) is 0 Å². The van der Waals surface area contributed by atoms with Gasteiger partial charge in [0.25, 0.3) is 5.91 Å². The van der Waals surface area contributed by atoms with E-state index >= 15 is 0 Å². The van der Waals surface area contributed by atoms with Crippen LogP contribution in [-0.2, 0) is 11.3 Å². The van der Waals surface area contributed by atoms with Gasteiger partial charge >= 0.3 is 0 Å². The molecular weight excluding hydrogens is 288 g/mol. The third-order valence-electron chi connectivity index (χ3n) is 3.19. The Morgan fingerprint density at radius 3 is 2.43 bits per heavy atom. The van der Waals surface area contributed by atoms with E-state index in [-0.39, 0.29) is 17.9 Å². The van der Waals surface area contributed by atoms with Gasteiger partial charge in [-0.05, 0) is 38.0 Å². The molecular formula is C19H24N2O2. The lowest BCUT2D eigenvalue weighted by atomic mass is 10.1. The number of rotatable bonds is 7. The summed E-state index contributed by atoms with van der Waals surface area (Å²) in [7, 11) is 0. The van der Waals surface area contributed by atoms with Gasteiger partial charge in [0.15, 0.2) is 0 Å². The normalized spacial score (nSPS) is 11.0. The first-order valence-corrected chi connectivity index (χ1v) is 7.75. The van der Waals surface area contributed by atoms with Crippen molar-refractivity contribution < 1.29 is 9.59 Å². The number of amides is 2. The molecule has 0 radical (unpaired) electrons. The molecule has 0 saturated heterocycles. The van der Waals surface area contributed by atoms with Crippen LogP contribution in [-0.4, -0.2) is 17.9 Å². The van der Waals surface area contributed by atoms with Gasteiger partial charge in [0.05, 0.1) is 6.04 Å². The van der Waals surface area contributed by atoms with Gasteiger partial charge in [-0.3, -0.25) is 9.59 Å². The van der Waals surface area contributed by atoms with Crippen molar-refractivity contribution in [2.75, 3.05) is 0 Å². The molecule has 4 nitrogen and oxygen atoms in total. The van der Waals surface area contributed by atoms with Crippen LogP contribution >= 0.6 is 0 Å². The van der Waals surface area contributed by atoms with Crippen LogP contribution in [0.2, 0.25) is 0 Å². The summed E-state index contributed by atoms with van der Waals surface area (Å²) >= 11 is 0. The molecule has 1 aromatic rings. The molecule has 2 amide bonds. The van der Waals surface area contributed by atoms with Crippen LogP contribution < -0.4 is 10.6 Å². The topological polar surface area (TPSA) is 58.2 Å². The largest absolute Gasteiger partial charge is 0.348 e. The first-order chi connectivity index (χ1) is 11.0. The molecule has 122 valence electrons. The Bertz CT molecular complexity index is 605. The lowest BCUT2D eigenvalue weighted by molar-refractivity contribution is -0.116. The highest BCUT2D eigenvalue weighted by Crippen LogP contribution is 2.06. The van der Waals surface area contributed by atoms with E-state index < -0.39 is 0 Å². The summed E-state index contributed by atoms with van der Waals surface area (Å²) in [6, 6.07) is 6.87. The summed E-state index contributed by atoms with van der Waals surface area (Å²) in [5.41, 5.74) is 2.43. The zero-order valence-electron chi connectivity index (χ0n) is 14.0. The Kier molecular flexibility index (Phi) is 7.62. The van der Waals surface area contributed by atoms with Crippen LogP contribution in [0.5, 0.6) is 0 Å². The number of hydrogen-bond acceptors (Lipinski definition) is 2. The molecule has 1 atom stereocenters. The van der Waals surface area contributed by atoms with Gasteiger partial charge in [0.2, 0.25) is 5.91 Å². The molecule has 4 heteroatoms. The van der Waals surface area contributed by atoms with E-state index in [4.69, 9.17) is 6.42 Å². The fraction of sp³-hybridized carbons (Fsp3) is 0.368. The third kappa shape index (κ3) is 6.84. The number of carbonyl (C=O) groups is 2. The molecule has 0 spiro atoms. The van der Waals surface area contributed by atoms with Crippen molar-refractivity contribution in [3.8, 4) is 12.3 Å². The molecule has 23 heavy (non-hydrogen) atoms. The molecule has 0 fully saturated rings. The summed E-state index contributed by atoms with van der Waals surface area (Å²) in [4.78, 5) is 23.7. The predicted octanol–water partition coefficient (Wildman–Crippen LogP) is 2.80. The Morgan fingerprint density at radius 1 is 1.26 bits per heavy atom. The Hall–Kier alpha value is -2.54. The average molecular weight is 312 g/mol. The number of hydrogen-bond donors (Lipinski definition) is 2. The van der Waals surface area contributed by atoms with Crippen LogP contribution in [0.4, 0.5) is 0 Å². The molecule has 2 N–H and O–H groups in total. The van der Waals surface area contributed by atoms with Crippen molar-refractivity contribution in [1.29, 1.82) is 0 Å². The quantitative estimate of drug-likeness (QED) is 0.601. The molecule has 0 aromatic heterocycles. The predicted molar refractivity (Wildman–Crippen MR) is 92.7 cm³/mol. The second kappa shape index (κ2) is 9.47. The minimum absolute atomic E-state index is 0.122. The Balaban J connectivity index is 2.59. The molecule has 1 aromatic carbocycles. The highest BCUT2D eigenvalue weighted by atomic mass is 16.2. The number of benzene rings is 1. The molecule has 1 rings (SSSR count). The minimum atomic E-state index is -0.240. The summed E-state index contributed by atoms with van der Waals surface area (Å²) in [5.74, 6) is 2.28. The molecule has 0 aliphatic carbocycles. The molecule has 0 saturated carbocycles. The SMILES string of the molecule is C#C[C@H](CCC)NC(=O)c1ccc(CNC(=O)C=C(C)C)cc1. The summed E-state index contributed by atoms with van der Waals surface area (Å²) < 4.78 is 0. The molecule has 0 aliphatic rings. The fourth-order valence-corrected chi connectivity index (χ4v) is 2.00. The standard InChI is InChI=1S/C19H24N2O2/c1-5-7-17(6-2)21-19(23)16-10-8-15(9-11-16)13-20-18(22)12-14(3)4/h2,8-12,17H,5,7,13H2,1,3-4H3,(H,20,22)(H,21,23)/t17-/m1/s1. The molecule has 0 bridgehead atoms. The average Bonchev–Trinajstić information content (AvgIpc) is 2.52. The number of carbonyl (C=O) groups excluding carboxylic acids is 2. The van der Waals surface area contributed by atoms with Crippen LogP contribution in [0, 0.1) is 12.3 Å². The van der Waals surface area contributed by atoms with Gasteiger partial charge in [-0.2, -0.15) is 0 Å². The van der Waals surface area contributed by atoms with Gasteiger partial charge in [-0.25, -0.2) is 0 Å². The van der Waals surface area contributed by atoms with Crippen LogP contribution in [0.15, 0.2) is 35.9 Å². The zero-order valence-corrected chi connectivity index (χ0v) is 14.0. The van der Waals surface area contributed by atoms with Gasteiger partial charge in [-0.1, -0.05) is 37.0 Å². The lowest BCUT2D eigenvalue weighted by Crippen LogP contribution is -2.33. The second-order valence-electron chi connectivity index (χ2n) is 5.62. The summed E-state index contributed by atoms with van der Waals surface area (Å²) in [5, 5.41) is 5.62. The maximum Gasteiger partial charge on any atom is 0.252 e. The Morgan fingerprint density at radius 2 is 1.91 bits per heavy atom. The number of nitrogens with one attached hydrogen (secondary N) is 2. The number of allylic oxidation sites excluding steroid dienone is 1. The number of terminal acetylenes is 1. The van der Waals surface area contributed by atoms with E-state index in [0.29, 0.717) is 12.1 Å². The van der Waals surface area contributed by atoms with Crippen LogP contribution in [0.1, 0.15) is 49.5 Å². The smallest absolute Gasteiger partial charge is 0.252 e. The molecule has 0 heterocycles. The van der Waals surface area contributed by atoms with E-state index in [9.17, 15) is 9.59 Å². The van der Waals surface area contributed by atoms with E-state index in [1.165, 1.54) is 0 Å². The van der Waals surface area contributed by atoms with Crippen LogP contribution in [0.3, 0.4) is 0 Å². The highest BCUT2D eigenvalue weighted by molar-refractivity contribution is 5.94. The van der Waals surface area contributed by atoms with E-state index in [0.717, 1.165) is 24.0 Å². The van der Waals surface area contributed by atoms with E-state index in [2.05, 4.69) is 16.6 Å². The molecule has 0 unspecified atom stereocenters. The monoisotopic (exact) mass is 312 g/mol. The van der Waals surface area contributed by atoms with Gasteiger partial charge in [0.1, 0.15) is 0 Å². The van der Waals surface area contributed by atoms with E-state index in [1.807, 2.05) is 32.9 Å². The summed E-state index contributed by atoms with van der Waals surface area (Å²) in [6.45, 7) is 6.19. The highest BCUT2D eigenvalue weighted by Gasteiger charge is 2.10. The van der Waals surface area contributed by atoms with Crippen molar-refractivity contribution in [2.45, 2.75) is 46.2 Å². The maximum atomic E-state index is 12.1. The lowest BCUT2D eigenvalue weighted by Gasteiger charge is -2.12.